The highest BCUT2D eigenvalue weighted by Gasteiger charge is 2.29. The zero-order valence-electron chi connectivity index (χ0n) is 24.8. The molecule has 0 bridgehead atoms. The number of methoxy groups -OCH3 is 3. The number of fused-ring (bicyclic) bond motifs is 3. The van der Waals surface area contributed by atoms with Crippen LogP contribution in [0.25, 0.3) is 11.1 Å². The van der Waals surface area contributed by atoms with Gasteiger partial charge in [-0.3, -0.25) is 19.2 Å². The van der Waals surface area contributed by atoms with Crippen molar-refractivity contribution in [2.75, 3.05) is 39.7 Å². The third kappa shape index (κ3) is 8.37. The number of unbranched alkanes of at least 4 members (excludes halogenated alkanes) is 2. The Morgan fingerprint density at radius 1 is 0.929 bits per heavy atom. The summed E-state index contributed by atoms with van der Waals surface area (Å²) in [5, 5.41) is 17.6. The van der Waals surface area contributed by atoms with E-state index in [2.05, 4.69) is 16.0 Å². The van der Waals surface area contributed by atoms with Crippen LogP contribution in [-0.4, -0.2) is 57.3 Å². The van der Waals surface area contributed by atoms with Crippen LogP contribution in [0.2, 0.25) is 0 Å². The Bertz CT molecular complexity index is 1340. The van der Waals surface area contributed by atoms with Crippen molar-refractivity contribution in [2.45, 2.75) is 64.3 Å². The fraction of sp³-hybridized carbons (Fsp3) is 0.484. The summed E-state index contributed by atoms with van der Waals surface area (Å²) >= 11 is 0. The minimum atomic E-state index is -0.876. The fourth-order valence-electron chi connectivity index (χ4n) is 5.22. The van der Waals surface area contributed by atoms with Crippen LogP contribution in [0.3, 0.4) is 0 Å². The molecule has 0 fully saturated rings. The number of hydrogen-bond acceptors (Lipinski definition) is 8. The molecule has 1 aliphatic rings. The van der Waals surface area contributed by atoms with E-state index in [0.717, 1.165) is 29.5 Å². The number of anilines is 1. The number of hydrogen-bond donors (Lipinski definition) is 4. The third-order valence-electron chi connectivity index (χ3n) is 7.20. The summed E-state index contributed by atoms with van der Waals surface area (Å²) in [6, 6.07) is 6.74. The minimum Gasteiger partial charge on any atom is -0.493 e. The van der Waals surface area contributed by atoms with Crippen LogP contribution in [0.4, 0.5) is 5.69 Å². The molecule has 42 heavy (non-hydrogen) atoms. The molecule has 0 spiro atoms. The Morgan fingerprint density at radius 2 is 1.69 bits per heavy atom. The van der Waals surface area contributed by atoms with Gasteiger partial charge < -0.3 is 35.3 Å². The molecule has 0 aromatic heterocycles. The summed E-state index contributed by atoms with van der Waals surface area (Å²) in [5.74, 6) is 0.323. The molecule has 0 heterocycles. The zero-order valence-corrected chi connectivity index (χ0v) is 24.8. The molecule has 0 unspecified atom stereocenters. The molecule has 0 saturated heterocycles. The molecule has 0 aliphatic heterocycles. The molecule has 1 atom stereocenters. The molecule has 11 heteroatoms. The van der Waals surface area contributed by atoms with E-state index in [1.165, 1.54) is 6.92 Å². The summed E-state index contributed by atoms with van der Waals surface area (Å²) in [5.41, 5.74) is 3.44. The first-order valence-electron chi connectivity index (χ1n) is 14.2. The van der Waals surface area contributed by atoms with E-state index in [4.69, 9.17) is 19.3 Å². The van der Waals surface area contributed by atoms with Crippen molar-refractivity contribution >= 4 is 23.5 Å². The van der Waals surface area contributed by atoms with Crippen LogP contribution in [0.1, 0.15) is 69.0 Å². The number of carbonyl (C=O) groups is 3. The monoisotopic (exact) mass is 583 g/mol. The predicted molar refractivity (Wildman–Crippen MR) is 160 cm³/mol. The van der Waals surface area contributed by atoms with Gasteiger partial charge >= 0.3 is 5.97 Å². The number of carboxylic acids is 1. The first kappa shape index (κ1) is 32.2. The largest absolute Gasteiger partial charge is 0.493 e. The van der Waals surface area contributed by atoms with E-state index < -0.39 is 5.97 Å². The Kier molecular flexibility index (Phi) is 12.0. The quantitative estimate of drug-likeness (QED) is 0.229. The maximum absolute atomic E-state index is 13.4. The van der Waals surface area contributed by atoms with Gasteiger partial charge in [0.1, 0.15) is 0 Å². The van der Waals surface area contributed by atoms with E-state index >= 15 is 0 Å². The van der Waals surface area contributed by atoms with E-state index in [1.54, 1.807) is 33.5 Å². The molecule has 11 nitrogen and oxygen atoms in total. The highest BCUT2D eigenvalue weighted by molar-refractivity contribution is 5.83. The van der Waals surface area contributed by atoms with Crippen LogP contribution in [0.5, 0.6) is 17.2 Å². The summed E-state index contributed by atoms with van der Waals surface area (Å²) in [4.78, 5) is 47.9. The molecule has 1 aliphatic carbocycles. The molecule has 228 valence electrons. The summed E-state index contributed by atoms with van der Waals surface area (Å²) in [6.07, 6.45) is 4.24. The number of benzene rings is 1. The predicted octanol–water partition coefficient (Wildman–Crippen LogP) is 3.82. The lowest BCUT2D eigenvalue weighted by molar-refractivity contribution is -0.137. The van der Waals surface area contributed by atoms with Gasteiger partial charge in [0, 0.05) is 38.4 Å². The second kappa shape index (κ2) is 15.6. The topological polar surface area (TPSA) is 152 Å². The molecule has 0 saturated carbocycles. The van der Waals surface area contributed by atoms with Gasteiger partial charge in [-0.25, -0.2) is 0 Å². The first-order chi connectivity index (χ1) is 20.2. The maximum Gasteiger partial charge on any atom is 0.303 e. The molecule has 2 amide bonds. The number of aliphatic carboxylic acids is 1. The third-order valence-corrected chi connectivity index (χ3v) is 7.20. The molecule has 2 aromatic rings. The molecular formula is C31H41N3O8. The van der Waals surface area contributed by atoms with Gasteiger partial charge in [-0.2, -0.15) is 0 Å². The molecule has 4 N–H and O–H groups in total. The summed E-state index contributed by atoms with van der Waals surface area (Å²) in [7, 11) is 4.67. The van der Waals surface area contributed by atoms with Crippen molar-refractivity contribution in [3.05, 3.63) is 45.6 Å². The number of nitrogens with one attached hydrogen (secondary N) is 3. The van der Waals surface area contributed by atoms with E-state index in [1.807, 2.05) is 12.1 Å². The second-order valence-corrected chi connectivity index (χ2v) is 10.2. The number of carboxylic acid groups (broad SMARTS) is 1. The molecular weight excluding hydrogens is 542 g/mol. The van der Waals surface area contributed by atoms with Crippen LogP contribution >= 0.6 is 0 Å². The maximum atomic E-state index is 13.4. The zero-order chi connectivity index (χ0) is 30.6. The van der Waals surface area contributed by atoms with Crippen molar-refractivity contribution in [3.8, 4) is 28.4 Å². The minimum absolute atomic E-state index is 0.0325. The van der Waals surface area contributed by atoms with Crippen molar-refractivity contribution in [2.24, 2.45) is 0 Å². The Labute approximate surface area is 245 Å². The summed E-state index contributed by atoms with van der Waals surface area (Å²) < 4.78 is 17.0. The van der Waals surface area contributed by atoms with Crippen LogP contribution in [0, 0.1) is 0 Å². The average molecular weight is 584 g/mol. The van der Waals surface area contributed by atoms with Crippen molar-refractivity contribution in [3.63, 3.8) is 0 Å². The fourth-order valence-corrected chi connectivity index (χ4v) is 5.22. The standard InChI is InChI=1S/C31H41N3O8/c1-19(35)34-23-13-11-20-17-26(40-2)30(41-3)31(42-4)29(20)21-12-14-24(25(36)18-22(21)23)32-15-7-5-6-9-27(37)33-16-8-10-28(38)39/h12,14,17-18,23H,5-11,13,15-16H2,1-4H3,(H,32,36)(H,33,37)(H,34,35)(H,38,39)/t23-/m0/s1. The van der Waals surface area contributed by atoms with E-state index in [-0.39, 0.29) is 29.7 Å². The second-order valence-electron chi connectivity index (χ2n) is 10.2. The molecule has 3 rings (SSSR count). The van der Waals surface area contributed by atoms with Gasteiger partial charge in [0.15, 0.2) is 11.5 Å². The van der Waals surface area contributed by atoms with Gasteiger partial charge in [0.05, 0.1) is 33.1 Å². The van der Waals surface area contributed by atoms with Gasteiger partial charge in [0.25, 0.3) is 0 Å². The average Bonchev–Trinajstić information content (AvgIpc) is 3.20. The highest BCUT2D eigenvalue weighted by atomic mass is 16.5. The Hall–Kier alpha value is -4.28. The first-order valence-corrected chi connectivity index (χ1v) is 14.2. The lowest BCUT2D eigenvalue weighted by Gasteiger charge is -2.19. The van der Waals surface area contributed by atoms with E-state index in [0.29, 0.717) is 73.7 Å². The van der Waals surface area contributed by atoms with Gasteiger partial charge in [0.2, 0.25) is 23.0 Å². The number of carbonyl (C=O) groups excluding carboxylic acids is 2. The van der Waals surface area contributed by atoms with Crippen molar-refractivity contribution in [1.82, 2.24) is 10.6 Å². The highest BCUT2D eigenvalue weighted by Crippen LogP contribution is 2.50. The molecule has 2 aromatic carbocycles. The lowest BCUT2D eigenvalue weighted by atomic mass is 9.95. The van der Waals surface area contributed by atoms with Crippen molar-refractivity contribution in [1.29, 1.82) is 0 Å². The van der Waals surface area contributed by atoms with Crippen molar-refractivity contribution < 1.29 is 33.7 Å². The van der Waals surface area contributed by atoms with Gasteiger partial charge in [-0.05, 0) is 67.0 Å². The van der Waals surface area contributed by atoms with Gasteiger partial charge in [-0.15, -0.1) is 0 Å². The summed E-state index contributed by atoms with van der Waals surface area (Å²) in [6.45, 7) is 2.36. The molecule has 0 radical (unpaired) electrons. The SMILES string of the molecule is COc1cc2c(c(OC)c1OC)-c1ccc(NCCCCCC(=O)NCCCC(=O)O)c(=O)cc1[C@@H](NC(C)=O)CC2. The number of amides is 2. The van der Waals surface area contributed by atoms with Gasteiger partial charge in [-0.1, -0.05) is 12.5 Å². The lowest BCUT2D eigenvalue weighted by Crippen LogP contribution is -2.26. The number of rotatable bonds is 15. The van der Waals surface area contributed by atoms with Crippen LogP contribution in [-0.2, 0) is 20.8 Å². The smallest absolute Gasteiger partial charge is 0.303 e. The van der Waals surface area contributed by atoms with E-state index in [9.17, 15) is 19.2 Å². The Morgan fingerprint density at radius 3 is 2.36 bits per heavy atom. The number of aryl methyl sites for hydroxylation is 1. The number of ether oxygens (including phenoxy) is 3. The van der Waals surface area contributed by atoms with Crippen LogP contribution in [0.15, 0.2) is 29.1 Å². The normalized spacial score (nSPS) is 13.6. The van der Waals surface area contributed by atoms with Crippen LogP contribution < -0.4 is 35.6 Å². The Balaban J connectivity index is 1.78.